The number of amides is 3. The highest BCUT2D eigenvalue weighted by Gasteiger charge is 2.28. The number of hydrogen-bond donors (Lipinski definition) is 4. The van der Waals surface area contributed by atoms with Gasteiger partial charge in [-0.25, -0.2) is 4.79 Å². The molecule has 25 heteroatoms. The molecule has 0 aliphatic rings. The van der Waals surface area contributed by atoms with Crippen molar-refractivity contribution in [1.29, 1.82) is 0 Å². The van der Waals surface area contributed by atoms with Crippen LogP contribution in [0.1, 0.15) is 51.2 Å². The zero-order valence-corrected chi connectivity index (χ0v) is 49.0. The number of hydrogen-bond acceptors (Lipinski definition) is 22. The Labute approximate surface area is 476 Å². The number of rotatable bonds is 61. The number of aryl methyl sites for hydroxylation is 1. The van der Waals surface area contributed by atoms with Gasteiger partial charge in [-0.1, -0.05) is 19.9 Å². The van der Waals surface area contributed by atoms with Gasteiger partial charge < -0.3 is 107 Å². The van der Waals surface area contributed by atoms with Gasteiger partial charge in [-0.05, 0) is 68.3 Å². The topological polar surface area (TPSA) is 282 Å². The third-order valence-corrected chi connectivity index (χ3v) is 11.3. The third-order valence-electron chi connectivity index (χ3n) is 11.3. The molecular weight excluding hydrogens is 1050 g/mol. The van der Waals surface area contributed by atoms with Crippen LogP contribution in [0.4, 0.5) is 10.5 Å². The number of anilines is 1. The lowest BCUT2D eigenvalue weighted by molar-refractivity contribution is -0.134. The molecule has 1 aromatic rings. The van der Waals surface area contributed by atoms with Crippen LogP contribution in [0.3, 0.4) is 0 Å². The van der Waals surface area contributed by atoms with E-state index in [2.05, 4.69) is 15.5 Å². The van der Waals surface area contributed by atoms with Crippen molar-refractivity contribution in [2.45, 2.75) is 65.2 Å². The van der Waals surface area contributed by atoms with Gasteiger partial charge in [0.05, 0.1) is 192 Å². The number of benzene rings is 1. The van der Waals surface area contributed by atoms with Gasteiger partial charge in [-0.3, -0.25) is 9.59 Å². The summed E-state index contributed by atoms with van der Waals surface area (Å²) in [6, 6.07) is 4.39. The van der Waals surface area contributed by atoms with Gasteiger partial charge in [0.25, 0.3) is 5.91 Å². The summed E-state index contributed by atoms with van der Waals surface area (Å²) >= 11 is 0. The maximum atomic E-state index is 13.1. The average Bonchev–Trinajstić information content (AvgIpc) is 3.44. The monoisotopic (exact) mass is 1150 g/mol. The van der Waals surface area contributed by atoms with Crippen LogP contribution < -0.4 is 16.4 Å². The van der Waals surface area contributed by atoms with Crippen molar-refractivity contribution in [2.24, 2.45) is 11.7 Å². The van der Waals surface area contributed by atoms with Crippen LogP contribution in [-0.2, 0) is 103 Å². The van der Waals surface area contributed by atoms with Gasteiger partial charge in [-0.2, -0.15) is 0 Å². The Morgan fingerprint density at radius 2 is 0.787 bits per heavy atom. The number of ether oxygens (including phenoxy) is 17. The maximum Gasteiger partial charge on any atom is 0.405 e. The zero-order chi connectivity index (χ0) is 58.2. The summed E-state index contributed by atoms with van der Waals surface area (Å²) in [4.78, 5) is 39.6. The van der Waals surface area contributed by atoms with E-state index in [4.69, 9.17) is 86.3 Å². The Kier molecular flexibility index (Phi) is 52.5. The molecule has 0 saturated heterocycles. The van der Waals surface area contributed by atoms with Crippen molar-refractivity contribution in [3.8, 4) is 0 Å². The predicted molar refractivity (Wildman–Crippen MR) is 297 cm³/mol. The first kappa shape index (κ1) is 74.7. The van der Waals surface area contributed by atoms with E-state index < -0.39 is 30.1 Å². The Morgan fingerprint density at radius 1 is 0.463 bits per heavy atom. The Hall–Kier alpha value is -3.29. The van der Waals surface area contributed by atoms with Gasteiger partial charge >= 0.3 is 6.09 Å². The lowest BCUT2D eigenvalue weighted by Crippen LogP contribution is -2.49. The molecule has 1 aromatic carbocycles. The highest BCUT2D eigenvalue weighted by Crippen LogP contribution is 2.19. The molecule has 0 aliphatic carbocycles. The van der Waals surface area contributed by atoms with E-state index in [0.29, 0.717) is 210 Å². The second kappa shape index (κ2) is 56.2. The number of nitrogens with zero attached hydrogens (tertiary/aromatic N) is 1. The molecule has 0 fully saturated rings. The highest BCUT2D eigenvalue weighted by molar-refractivity contribution is 5.97. The summed E-state index contributed by atoms with van der Waals surface area (Å²) in [7, 11) is 3.27. The van der Waals surface area contributed by atoms with Gasteiger partial charge in [0.1, 0.15) is 6.04 Å². The maximum absolute atomic E-state index is 13.1. The summed E-state index contributed by atoms with van der Waals surface area (Å²) in [5.74, 6) is -1.45. The molecule has 0 unspecified atom stereocenters. The SMILES string of the molecule is COCCOCCOCCOCCOCCOCCOCCOCCCN(CCCOCCOCCOCCOCCOCCOCCOCCOC)CCCc1cc(NC(=O)[C@H](C)NC(=O)[C@@H](OC(N)=O)C(C)C)ccc1CO. The van der Waals surface area contributed by atoms with Gasteiger partial charge in [-0.15, -0.1) is 0 Å². The minimum absolute atomic E-state index is 0.160. The predicted octanol–water partition coefficient (Wildman–Crippen LogP) is 2.28. The Morgan fingerprint density at radius 3 is 1.10 bits per heavy atom. The van der Waals surface area contributed by atoms with Crippen molar-refractivity contribution < 1.29 is 100 Å². The largest absolute Gasteiger partial charge is 0.436 e. The van der Waals surface area contributed by atoms with Crippen LogP contribution in [0, 0.1) is 5.92 Å². The van der Waals surface area contributed by atoms with Crippen molar-refractivity contribution in [3.05, 3.63) is 29.3 Å². The van der Waals surface area contributed by atoms with Crippen molar-refractivity contribution >= 4 is 23.6 Å². The van der Waals surface area contributed by atoms with Crippen LogP contribution >= 0.6 is 0 Å². The molecule has 0 aromatic heterocycles. The molecule has 468 valence electrons. The van der Waals surface area contributed by atoms with E-state index in [-0.39, 0.29) is 12.5 Å². The molecule has 3 amide bonds. The van der Waals surface area contributed by atoms with Crippen LogP contribution in [0.2, 0.25) is 0 Å². The number of nitrogens with one attached hydrogen (secondary N) is 2. The van der Waals surface area contributed by atoms with E-state index in [1.54, 1.807) is 40.2 Å². The van der Waals surface area contributed by atoms with Crippen molar-refractivity contribution in [1.82, 2.24) is 10.2 Å². The molecule has 0 bridgehead atoms. The van der Waals surface area contributed by atoms with E-state index in [0.717, 1.165) is 50.0 Å². The number of aliphatic hydroxyl groups excluding tert-OH is 1. The van der Waals surface area contributed by atoms with Gasteiger partial charge in [0, 0.05) is 46.2 Å². The number of nitrogens with two attached hydrogens (primary N) is 1. The molecule has 2 atom stereocenters. The van der Waals surface area contributed by atoms with Crippen LogP contribution in [0.15, 0.2) is 18.2 Å². The van der Waals surface area contributed by atoms with E-state index >= 15 is 0 Å². The van der Waals surface area contributed by atoms with E-state index in [1.807, 2.05) is 6.07 Å². The molecule has 1 rings (SSSR count). The van der Waals surface area contributed by atoms with Crippen LogP contribution in [0.25, 0.3) is 0 Å². The zero-order valence-electron chi connectivity index (χ0n) is 49.0. The van der Waals surface area contributed by atoms with Crippen molar-refractivity contribution in [2.75, 3.05) is 237 Å². The summed E-state index contributed by atoms with van der Waals surface area (Å²) in [5.41, 5.74) is 7.31. The second-order valence-corrected chi connectivity index (χ2v) is 18.2. The fourth-order valence-electron chi connectivity index (χ4n) is 7.06. The number of aliphatic hydroxyl groups is 1. The quantitative estimate of drug-likeness (QED) is 0.0681. The Bertz CT molecular complexity index is 1520. The molecule has 0 aliphatic heterocycles. The van der Waals surface area contributed by atoms with E-state index in [9.17, 15) is 19.5 Å². The number of carbonyl (C=O) groups excluding carboxylic acids is 3. The standard InChI is InChI=1S/C55H102N4O21/c1-47(2)52(80-55(56)63)54(62)57-48(3)53(61)58-51-11-10-50(46-60)49(45-51)9-6-12-59(13-7-15-66-21-23-70-29-31-74-37-39-78-43-41-76-35-33-72-27-25-68-19-17-64-4)14-8-16-67-22-24-71-30-32-75-38-40-79-44-42-77-36-34-73-28-26-69-20-18-65-5/h10-11,45,47-48,52,60H,6-9,12-44,46H2,1-5H3,(H2,56,63)(H,57,62)(H,58,61)/t48-,52-/m0/s1. The second-order valence-electron chi connectivity index (χ2n) is 18.2. The average molecular weight is 1160 g/mol. The fraction of sp³-hybridized carbons (Fsp3) is 0.836. The van der Waals surface area contributed by atoms with Gasteiger partial charge in [0.2, 0.25) is 5.91 Å². The first-order chi connectivity index (χ1) is 39.1. The number of primary amides is 1. The molecule has 25 nitrogen and oxygen atoms in total. The number of carbonyl (C=O) groups is 3. The molecule has 80 heavy (non-hydrogen) atoms. The number of methoxy groups -OCH3 is 2. The van der Waals surface area contributed by atoms with Crippen molar-refractivity contribution in [3.63, 3.8) is 0 Å². The third kappa shape index (κ3) is 46.2. The summed E-state index contributed by atoms with van der Waals surface area (Å²) in [6.45, 7) is 22.2. The lowest BCUT2D eigenvalue weighted by atomic mass is 10.0. The summed E-state index contributed by atoms with van der Waals surface area (Å²) in [6.07, 6.45) is 0.853. The van der Waals surface area contributed by atoms with Crippen LogP contribution in [0.5, 0.6) is 0 Å². The molecular formula is C55H102N4O21. The fourth-order valence-corrected chi connectivity index (χ4v) is 7.06. The molecule has 0 saturated carbocycles. The lowest BCUT2D eigenvalue weighted by Gasteiger charge is -2.23. The van der Waals surface area contributed by atoms with Gasteiger partial charge in [0.15, 0.2) is 6.10 Å². The minimum atomic E-state index is -1.14. The molecule has 0 spiro atoms. The normalized spacial score (nSPS) is 12.4. The minimum Gasteiger partial charge on any atom is -0.436 e. The molecule has 0 heterocycles. The molecule has 0 radical (unpaired) electrons. The first-order valence-corrected chi connectivity index (χ1v) is 28.2. The van der Waals surface area contributed by atoms with Crippen LogP contribution in [-0.4, -0.2) is 272 Å². The summed E-state index contributed by atoms with van der Waals surface area (Å²) in [5, 5.41) is 15.6. The van der Waals surface area contributed by atoms with E-state index in [1.165, 1.54) is 6.92 Å². The molecule has 5 N–H and O–H groups in total. The highest BCUT2D eigenvalue weighted by atomic mass is 16.6. The first-order valence-electron chi connectivity index (χ1n) is 28.2. The Balaban J connectivity index is 2.41. The smallest absolute Gasteiger partial charge is 0.405 e. The summed E-state index contributed by atoms with van der Waals surface area (Å²) < 4.78 is 92.7.